The number of likely N-dealkylation sites (tertiary alicyclic amines) is 1. The molecule has 1 heterocycles. The normalized spacial score (nSPS) is 30.0. The number of nitrogens with one attached hydrogen (secondary N) is 1. The maximum atomic E-state index is 12.2. The van der Waals surface area contributed by atoms with Crippen LogP contribution in [0.3, 0.4) is 0 Å². The molecule has 0 spiro atoms. The second kappa shape index (κ2) is 7.59. The number of carbonyl (C=O) groups is 1. The lowest BCUT2D eigenvalue weighted by Gasteiger charge is -2.38. The van der Waals surface area contributed by atoms with E-state index in [4.69, 9.17) is 5.73 Å². The van der Waals surface area contributed by atoms with Crippen molar-refractivity contribution in [1.29, 1.82) is 0 Å². The summed E-state index contributed by atoms with van der Waals surface area (Å²) in [7, 11) is 2.18. The van der Waals surface area contributed by atoms with Crippen LogP contribution in [0.1, 0.15) is 51.9 Å². The Balaban J connectivity index is 1.66. The standard InChI is InChI=1S/C17H33N3O/c1-17(7-9-20(2)10-8-17)13-19-16(21)11-14-3-5-15(12-18)6-4-14/h14-15H,3-13,18H2,1-2H3,(H,19,21). The van der Waals surface area contributed by atoms with Crippen LogP contribution in [0.4, 0.5) is 0 Å². The Hall–Kier alpha value is -0.610. The second-order valence-corrected chi connectivity index (χ2v) is 7.72. The van der Waals surface area contributed by atoms with E-state index in [0.717, 1.165) is 26.2 Å². The molecular formula is C17H33N3O. The Morgan fingerprint density at radius 3 is 2.33 bits per heavy atom. The maximum absolute atomic E-state index is 12.2. The van der Waals surface area contributed by atoms with Crippen molar-refractivity contribution in [3.05, 3.63) is 0 Å². The molecule has 0 atom stereocenters. The van der Waals surface area contributed by atoms with Crippen LogP contribution in [0.25, 0.3) is 0 Å². The van der Waals surface area contributed by atoms with Gasteiger partial charge in [-0.2, -0.15) is 0 Å². The van der Waals surface area contributed by atoms with Crippen molar-refractivity contribution < 1.29 is 4.79 Å². The molecule has 122 valence electrons. The molecule has 4 heteroatoms. The number of hydrogen-bond acceptors (Lipinski definition) is 3. The number of amides is 1. The lowest BCUT2D eigenvalue weighted by atomic mass is 9.79. The Labute approximate surface area is 129 Å². The van der Waals surface area contributed by atoms with Gasteiger partial charge in [0, 0.05) is 13.0 Å². The summed E-state index contributed by atoms with van der Waals surface area (Å²) < 4.78 is 0. The lowest BCUT2D eigenvalue weighted by molar-refractivity contribution is -0.123. The van der Waals surface area contributed by atoms with Crippen LogP contribution in [-0.2, 0) is 4.79 Å². The fourth-order valence-electron chi connectivity index (χ4n) is 3.65. The summed E-state index contributed by atoms with van der Waals surface area (Å²) >= 11 is 0. The van der Waals surface area contributed by atoms with Crippen LogP contribution >= 0.6 is 0 Å². The largest absolute Gasteiger partial charge is 0.356 e. The highest BCUT2D eigenvalue weighted by molar-refractivity contribution is 5.76. The smallest absolute Gasteiger partial charge is 0.220 e. The van der Waals surface area contributed by atoms with Gasteiger partial charge in [-0.1, -0.05) is 6.92 Å². The number of carbonyl (C=O) groups excluding carboxylic acids is 1. The van der Waals surface area contributed by atoms with Gasteiger partial charge in [0.15, 0.2) is 0 Å². The fourth-order valence-corrected chi connectivity index (χ4v) is 3.65. The third-order valence-electron chi connectivity index (χ3n) is 5.68. The minimum Gasteiger partial charge on any atom is -0.356 e. The number of rotatable bonds is 5. The van der Waals surface area contributed by atoms with Crippen molar-refractivity contribution in [1.82, 2.24) is 10.2 Å². The summed E-state index contributed by atoms with van der Waals surface area (Å²) in [5.74, 6) is 1.53. The molecule has 0 aromatic heterocycles. The molecule has 2 rings (SSSR count). The first-order valence-corrected chi connectivity index (χ1v) is 8.66. The molecule has 1 saturated heterocycles. The van der Waals surface area contributed by atoms with E-state index in [0.29, 0.717) is 23.7 Å². The van der Waals surface area contributed by atoms with E-state index in [1.807, 2.05) is 0 Å². The summed E-state index contributed by atoms with van der Waals surface area (Å²) in [6.45, 7) is 6.27. The summed E-state index contributed by atoms with van der Waals surface area (Å²) in [6, 6.07) is 0. The van der Waals surface area contributed by atoms with Crippen LogP contribution in [0.5, 0.6) is 0 Å². The fraction of sp³-hybridized carbons (Fsp3) is 0.941. The molecule has 0 aromatic carbocycles. The van der Waals surface area contributed by atoms with Gasteiger partial charge in [-0.15, -0.1) is 0 Å². The van der Waals surface area contributed by atoms with Gasteiger partial charge in [0.2, 0.25) is 5.91 Å². The number of nitrogens with two attached hydrogens (primary N) is 1. The molecule has 0 aromatic rings. The third-order valence-corrected chi connectivity index (χ3v) is 5.68. The highest BCUT2D eigenvalue weighted by atomic mass is 16.1. The topological polar surface area (TPSA) is 58.4 Å². The average Bonchev–Trinajstić information content (AvgIpc) is 2.50. The minimum absolute atomic E-state index is 0.256. The summed E-state index contributed by atoms with van der Waals surface area (Å²) in [6.07, 6.45) is 7.86. The monoisotopic (exact) mass is 295 g/mol. The molecule has 2 fully saturated rings. The molecule has 1 amide bonds. The van der Waals surface area contributed by atoms with Crippen molar-refractivity contribution in [2.75, 3.05) is 33.2 Å². The van der Waals surface area contributed by atoms with E-state index in [-0.39, 0.29) is 5.91 Å². The SMILES string of the molecule is CN1CCC(C)(CNC(=O)CC2CCC(CN)CC2)CC1. The maximum Gasteiger partial charge on any atom is 0.220 e. The molecule has 2 aliphatic rings. The van der Waals surface area contributed by atoms with Crippen molar-refractivity contribution in [3.63, 3.8) is 0 Å². The predicted octanol–water partition coefficient (Wildman–Crippen LogP) is 1.99. The van der Waals surface area contributed by atoms with Gasteiger partial charge in [-0.05, 0) is 82.5 Å². The Kier molecular flexibility index (Phi) is 6.06. The molecule has 0 bridgehead atoms. The van der Waals surface area contributed by atoms with Crippen LogP contribution < -0.4 is 11.1 Å². The van der Waals surface area contributed by atoms with E-state index >= 15 is 0 Å². The third kappa shape index (κ3) is 5.26. The van der Waals surface area contributed by atoms with Gasteiger partial charge >= 0.3 is 0 Å². The van der Waals surface area contributed by atoms with E-state index < -0.39 is 0 Å². The lowest BCUT2D eigenvalue weighted by Crippen LogP contribution is -2.43. The number of piperidine rings is 1. The van der Waals surface area contributed by atoms with Crippen molar-refractivity contribution in [2.24, 2.45) is 23.0 Å². The van der Waals surface area contributed by atoms with Crippen molar-refractivity contribution >= 4 is 5.91 Å². The molecule has 21 heavy (non-hydrogen) atoms. The van der Waals surface area contributed by atoms with Crippen LogP contribution in [-0.4, -0.2) is 44.0 Å². The summed E-state index contributed by atoms with van der Waals surface area (Å²) in [5.41, 5.74) is 6.01. The molecule has 1 aliphatic carbocycles. The van der Waals surface area contributed by atoms with Gasteiger partial charge in [0.25, 0.3) is 0 Å². The van der Waals surface area contributed by atoms with Crippen molar-refractivity contribution in [3.8, 4) is 0 Å². The first-order valence-electron chi connectivity index (χ1n) is 8.66. The molecule has 4 nitrogen and oxygen atoms in total. The number of nitrogens with zero attached hydrogens (tertiary/aromatic N) is 1. The van der Waals surface area contributed by atoms with E-state index in [1.165, 1.54) is 38.5 Å². The van der Waals surface area contributed by atoms with Gasteiger partial charge in [-0.25, -0.2) is 0 Å². The number of hydrogen-bond donors (Lipinski definition) is 2. The van der Waals surface area contributed by atoms with Gasteiger partial charge in [0.05, 0.1) is 0 Å². The Morgan fingerprint density at radius 1 is 1.19 bits per heavy atom. The molecule has 0 unspecified atom stereocenters. The van der Waals surface area contributed by atoms with Crippen molar-refractivity contribution in [2.45, 2.75) is 51.9 Å². The second-order valence-electron chi connectivity index (χ2n) is 7.72. The molecule has 1 aliphatic heterocycles. The highest BCUT2D eigenvalue weighted by Crippen LogP contribution is 2.31. The Bertz CT molecular complexity index is 329. The Morgan fingerprint density at radius 2 is 1.76 bits per heavy atom. The molecule has 3 N–H and O–H groups in total. The zero-order valence-electron chi connectivity index (χ0n) is 13.9. The van der Waals surface area contributed by atoms with Gasteiger partial charge in [-0.3, -0.25) is 4.79 Å². The minimum atomic E-state index is 0.256. The molecular weight excluding hydrogens is 262 g/mol. The van der Waals surface area contributed by atoms with E-state index in [1.54, 1.807) is 0 Å². The summed E-state index contributed by atoms with van der Waals surface area (Å²) in [5, 5.41) is 3.20. The summed E-state index contributed by atoms with van der Waals surface area (Å²) in [4.78, 5) is 14.5. The van der Waals surface area contributed by atoms with Gasteiger partial charge < -0.3 is 16.0 Å². The van der Waals surface area contributed by atoms with Crippen LogP contribution in [0, 0.1) is 17.3 Å². The molecule has 1 saturated carbocycles. The zero-order chi connectivity index (χ0) is 15.3. The first kappa shape index (κ1) is 16.8. The van der Waals surface area contributed by atoms with E-state index in [9.17, 15) is 4.79 Å². The first-order chi connectivity index (χ1) is 10.0. The van der Waals surface area contributed by atoms with E-state index in [2.05, 4.69) is 24.2 Å². The quantitative estimate of drug-likeness (QED) is 0.815. The average molecular weight is 295 g/mol. The van der Waals surface area contributed by atoms with Crippen LogP contribution in [0.2, 0.25) is 0 Å². The highest BCUT2D eigenvalue weighted by Gasteiger charge is 2.29. The van der Waals surface area contributed by atoms with Crippen LogP contribution in [0.15, 0.2) is 0 Å². The predicted molar refractivity (Wildman–Crippen MR) is 87.0 cm³/mol. The van der Waals surface area contributed by atoms with Gasteiger partial charge in [0.1, 0.15) is 0 Å². The zero-order valence-corrected chi connectivity index (χ0v) is 13.9. The molecule has 0 radical (unpaired) electrons.